The second kappa shape index (κ2) is 5.58. The Hall–Kier alpha value is -1.95. The number of aryl methyl sites for hydroxylation is 1. The molecule has 20 heavy (non-hydrogen) atoms. The number of anilines is 1. The second-order valence-corrected chi connectivity index (χ2v) is 6.04. The maximum Gasteiger partial charge on any atom is 0.328 e. The van der Waals surface area contributed by atoms with E-state index in [1.54, 1.807) is 25.1 Å². The molecule has 3 nitrogen and oxygen atoms in total. The van der Waals surface area contributed by atoms with Crippen LogP contribution in [0.4, 0.5) is 14.5 Å². The van der Waals surface area contributed by atoms with E-state index in [1.165, 1.54) is 36.4 Å². The molecule has 0 bridgehead atoms. The van der Waals surface area contributed by atoms with Crippen molar-refractivity contribution in [2.75, 3.05) is 4.31 Å². The Morgan fingerprint density at radius 1 is 0.950 bits per heavy atom. The van der Waals surface area contributed by atoms with Crippen LogP contribution in [-0.2, 0) is 10.0 Å². The van der Waals surface area contributed by atoms with Crippen molar-refractivity contribution >= 4 is 15.7 Å². The highest BCUT2D eigenvalue weighted by molar-refractivity contribution is 7.92. The van der Waals surface area contributed by atoms with Gasteiger partial charge < -0.3 is 0 Å². The van der Waals surface area contributed by atoms with Crippen molar-refractivity contribution in [3.8, 4) is 0 Å². The molecule has 2 aromatic rings. The number of benzene rings is 2. The van der Waals surface area contributed by atoms with E-state index >= 15 is 0 Å². The van der Waals surface area contributed by atoms with E-state index in [0.29, 0.717) is 0 Å². The van der Waals surface area contributed by atoms with E-state index in [0.717, 1.165) is 5.56 Å². The Bertz CT molecular complexity index is 670. The van der Waals surface area contributed by atoms with Gasteiger partial charge in [-0.1, -0.05) is 35.9 Å². The van der Waals surface area contributed by atoms with Gasteiger partial charge in [0.15, 0.2) is 0 Å². The fourth-order valence-electron chi connectivity index (χ4n) is 1.76. The van der Waals surface area contributed by atoms with Crippen molar-refractivity contribution in [3.05, 3.63) is 60.2 Å². The number of halogens is 2. The van der Waals surface area contributed by atoms with Crippen LogP contribution >= 0.6 is 0 Å². The summed E-state index contributed by atoms with van der Waals surface area (Å²) in [7, 11) is -4.29. The normalized spacial score (nSPS) is 11.6. The van der Waals surface area contributed by atoms with Crippen LogP contribution in [0.3, 0.4) is 0 Å². The third-order valence-electron chi connectivity index (χ3n) is 2.77. The molecule has 0 aliphatic rings. The minimum absolute atomic E-state index is 0.0666. The summed E-state index contributed by atoms with van der Waals surface area (Å²) >= 11 is 0. The first kappa shape index (κ1) is 14.5. The first-order valence-electron chi connectivity index (χ1n) is 5.87. The third-order valence-corrected chi connectivity index (χ3v) is 4.52. The highest BCUT2D eigenvalue weighted by Gasteiger charge is 2.31. The summed E-state index contributed by atoms with van der Waals surface area (Å²) in [6, 6.07) is 13.1. The fourth-order valence-corrected chi connectivity index (χ4v) is 3.07. The average Bonchev–Trinajstić information content (AvgIpc) is 2.39. The quantitative estimate of drug-likeness (QED) is 0.811. The molecule has 0 saturated carbocycles. The van der Waals surface area contributed by atoms with Gasteiger partial charge in [-0.2, -0.15) is 8.78 Å². The highest BCUT2D eigenvalue weighted by Crippen LogP contribution is 2.27. The summed E-state index contributed by atoms with van der Waals surface area (Å²) < 4.78 is 51.2. The van der Waals surface area contributed by atoms with E-state index in [1.807, 2.05) is 0 Å². The average molecular weight is 297 g/mol. The Morgan fingerprint density at radius 2 is 1.50 bits per heavy atom. The van der Waals surface area contributed by atoms with Crippen molar-refractivity contribution in [2.45, 2.75) is 18.4 Å². The number of hydrogen-bond acceptors (Lipinski definition) is 2. The molecular weight excluding hydrogens is 284 g/mol. The monoisotopic (exact) mass is 297 g/mol. The molecule has 0 spiro atoms. The van der Waals surface area contributed by atoms with Gasteiger partial charge in [-0.15, -0.1) is 0 Å². The molecule has 0 amide bonds. The maximum atomic E-state index is 13.2. The number of nitrogens with zero attached hydrogens (tertiary/aromatic N) is 1. The van der Waals surface area contributed by atoms with Gasteiger partial charge in [-0.3, -0.25) is 0 Å². The zero-order chi connectivity index (χ0) is 14.8. The molecule has 0 unspecified atom stereocenters. The fraction of sp³-hybridized carbons (Fsp3) is 0.143. The van der Waals surface area contributed by atoms with Crippen LogP contribution < -0.4 is 4.31 Å². The lowest BCUT2D eigenvalue weighted by molar-refractivity contribution is 0.162. The lowest BCUT2D eigenvalue weighted by Gasteiger charge is -2.23. The summed E-state index contributed by atoms with van der Waals surface area (Å²) in [5, 5.41) is 0. The SMILES string of the molecule is Cc1ccc(S(=O)(=O)N(c2ccccc2)C(F)F)cc1. The molecule has 106 valence electrons. The molecule has 0 N–H and O–H groups in total. The standard InChI is InChI=1S/C14H13F2NO2S/c1-11-7-9-13(10-8-11)20(18,19)17(14(15)16)12-5-3-2-4-6-12/h2-10,14H,1H3. The number of rotatable bonds is 4. The molecule has 0 fully saturated rings. The largest absolute Gasteiger partial charge is 0.328 e. The van der Waals surface area contributed by atoms with Crippen LogP contribution in [0.2, 0.25) is 0 Å². The molecule has 2 rings (SSSR count). The Kier molecular flexibility index (Phi) is 4.04. The first-order valence-corrected chi connectivity index (χ1v) is 7.31. The van der Waals surface area contributed by atoms with Gasteiger partial charge in [-0.25, -0.2) is 12.7 Å². The predicted molar refractivity (Wildman–Crippen MR) is 73.3 cm³/mol. The van der Waals surface area contributed by atoms with E-state index < -0.39 is 16.6 Å². The lowest BCUT2D eigenvalue weighted by Crippen LogP contribution is -2.35. The molecule has 0 heterocycles. The maximum absolute atomic E-state index is 13.2. The lowest BCUT2D eigenvalue weighted by atomic mass is 10.2. The van der Waals surface area contributed by atoms with Gasteiger partial charge in [0.1, 0.15) is 0 Å². The van der Waals surface area contributed by atoms with Crippen molar-refractivity contribution in [1.29, 1.82) is 0 Å². The van der Waals surface area contributed by atoms with Crippen LogP contribution in [0, 0.1) is 6.92 Å². The molecule has 0 radical (unpaired) electrons. The van der Waals surface area contributed by atoms with E-state index in [4.69, 9.17) is 0 Å². The van der Waals surface area contributed by atoms with E-state index in [9.17, 15) is 17.2 Å². The minimum atomic E-state index is -4.29. The first-order chi connectivity index (χ1) is 9.43. The summed E-state index contributed by atoms with van der Waals surface area (Å²) in [6.45, 7) is -1.36. The van der Waals surface area contributed by atoms with Crippen molar-refractivity contribution < 1.29 is 17.2 Å². The predicted octanol–water partition coefficient (Wildman–Crippen LogP) is 3.41. The van der Waals surface area contributed by atoms with E-state index in [2.05, 4.69) is 0 Å². The molecule has 6 heteroatoms. The van der Waals surface area contributed by atoms with Gasteiger partial charge in [0.25, 0.3) is 10.0 Å². The third kappa shape index (κ3) is 2.80. The van der Waals surface area contributed by atoms with Gasteiger partial charge >= 0.3 is 6.55 Å². The highest BCUT2D eigenvalue weighted by atomic mass is 32.2. The summed E-state index contributed by atoms with van der Waals surface area (Å²) in [4.78, 5) is -0.160. The van der Waals surface area contributed by atoms with Gasteiger partial charge in [0, 0.05) is 0 Å². The number of para-hydroxylation sites is 1. The van der Waals surface area contributed by atoms with Crippen LogP contribution in [0.1, 0.15) is 5.56 Å². The molecule has 0 atom stereocenters. The number of alkyl halides is 2. The van der Waals surface area contributed by atoms with Gasteiger partial charge in [0.2, 0.25) is 0 Å². The smallest absolute Gasteiger partial charge is 0.207 e. The summed E-state index contributed by atoms with van der Waals surface area (Å²) in [5.41, 5.74) is 0.787. The van der Waals surface area contributed by atoms with Crippen LogP contribution in [0.25, 0.3) is 0 Å². The van der Waals surface area contributed by atoms with Crippen molar-refractivity contribution in [2.24, 2.45) is 0 Å². The van der Waals surface area contributed by atoms with Gasteiger partial charge in [0.05, 0.1) is 10.6 Å². The number of sulfonamides is 1. The second-order valence-electron chi connectivity index (χ2n) is 4.23. The van der Waals surface area contributed by atoms with Gasteiger partial charge in [-0.05, 0) is 31.2 Å². The van der Waals surface area contributed by atoms with E-state index in [-0.39, 0.29) is 14.9 Å². The Morgan fingerprint density at radius 3 is 2.00 bits per heavy atom. The summed E-state index contributed by atoms with van der Waals surface area (Å²) in [5.74, 6) is 0. The Labute approximate surface area is 116 Å². The van der Waals surface area contributed by atoms with Crippen LogP contribution in [0.5, 0.6) is 0 Å². The summed E-state index contributed by atoms with van der Waals surface area (Å²) in [6.07, 6.45) is 0. The molecule has 0 aromatic heterocycles. The molecule has 0 aliphatic carbocycles. The topological polar surface area (TPSA) is 37.4 Å². The minimum Gasteiger partial charge on any atom is -0.207 e. The van der Waals surface area contributed by atoms with Crippen molar-refractivity contribution in [3.63, 3.8) is 0 Å². The Balaban J connectivity index is 2.51. The zero-order valence-corrected chi connectivity index (χ0v) is 11.5. The molecular formula is C14H13F2NO2S. The molecule has 0 aliphatic heterocycles. The molecule has 2 aromatic carbocycles. The number of hydrogen-bond donors (Lipinski definition) is 0. The zero-order valence-electron chi connectivity index (χ0n) is 10.7. The van der Waals surface area contributed by atoms with Crippen molar-refractivity contribution in [1.82, 2.24) is 0 Å². The molecule has 0 saturated heterocycles. The van der Waals surface area contributed by atoms with Crippen LogP contribution in [-0.4, -0.2) is 15.0 Å². The van der Waals surface area contributed by atoms with Crippen LogP contribution in [0.15, 0.2) is 59.5 Å².